The summed E-state index contributed by atoms with van der Waals surface area (Å²) in [6.07, 6.45) is 4.35. The molecule has 2 aromatic carbocycles. The number of benzene rings is 2. The lowest BCUT2D eigenvalue weighted by Gasteiger charge is -2.42. The highest BCUT2D eigenvalue weighted by atomic mass is 35.5. The molecule has 1 aliphatic heterocycles. The van der Waals surface area contributed by atoms with Crippen molar-refractivity contribution < 1.29 is 19.1 Å². The van der Waals surface area contributed by atoms with Gasteiger partial charge in [0.1, 0.15) is 6.61 Å². The lowest BCUT2D eigenvalue weighted by molar-refractivity contribution is -0.117. The Hall–Kier alpha value is -3.05. The zero-order valence-electron chi connectivity index (χ0n) is 22.1. The van der Waals surface area contributed by atoms with E-state index in [1.54, 1.807) is 0 Å². The van der Waals surface area contributed by atoms with Crippen LogP contribution in [0.4, 0.5) is 0 Å². The Balaban J connectivity index is 1.59. The largest absolute Gasteiger partial charge is 0.490 e. The number of Topliss-reactive ketones (excluding diaryl/α,β-unsaturated/α-hetero) is 2. The third-order valence-corrected chi connectivity index (χ3v) is 7.85. The van der Waals surface area contributed by atoms with Crippen LogP contribution in [-0.4, -0.2) is 30.1 Å². The zero-order valence-corrected chi connectivity index (χ0v) is 22.8. The van der Waals surface area contributed by atoms with Gasteiger partial charge in [0, 0.05) is 48.3 Å². The first-order chi connectivity index (χ1) is 17.8. The molecular weight excluding hydrogens is 486 g/mol. The number of aryl methyl sites for hydroxylation is 2. The van der Waals surface area contributed by atoms with E-state index in [1.165, 1.54) is 11.1 Å². The van der Waals surface area contributed by atoms with Gasteiger partial charge in [-0.05, 0) is 69.7 Å². The molecule has 0 amide bonds. The van der Waals surface area contributed by atoms with Gasteiger partial charge in [-0.2, -0.15) is 0 Å². The number of carbonyl (C=O) groups excluding carboxylic acids is 2. The maximum absolute atomic E-state index is 13.3. The first-order valence-corrected chi connectivity index (χ1v) is 13.6. The number of halogens is 1. The fraction of sp³-hybridized carbons (Fsp3) is 0.419. The van der Waals surface area contributed by atoms with Crippen molar-refractivity contribution in [2.24, 2.45) is 0 Å². The van der Waals surface area contributed by atoms with Crippen LogP contribution in [0, 0.1) is 13.8 Å². The summed E-state index contributed by atoms with van der Waals surface area (Å²) in [4.78, 5) is 28.7. The Morgan fingerprint density at radius 1 is 0.865 bits per heavy atom. The highest BCUT2D eigenvalue weighted by molar-refractivity contribution is 6.32. The molecule has 0 unspecified atom stereocenters. The summed E-state index contributed by atoms with van der Waals surface area (Å²) >= 11 is 6.85. The van der Waals surface area contributed by atoms with E-state index in [-0.39, 0.29) is 11.6 Å². The fourth-order valence-corrected chi connectivity index (χ4v) is 6.42. The van der Waals surface area contributed by atoms with Crippen molar-refractivity contribution in [3.8, 4) is 11.5 Å². The standard InChI is InChI=1S/C31H34ClNO4/c1-5-36-27-16-21(15-22(32)31(27)37-17-20-13-18(2)12-19(3)14-20)28-29-23(8-6-10-25(29)34)33(4)24-9-7-11-26(35)30(24)28/h12-16,28H,5-11,17H2,1-4H3. The number of nitrogens with zero attached hydrogens (tertiary/aromatic N) is 1. The summed E-state index contributed by atoms with van der Waals surface area (Å²) in [7, 11) is 2.00. The van der Waals surface area contributed by atoms with Gasteiger partial charge in [-0.1, -0.05) is 40.9 Å². The molecule has 0 spiro atoms. The second-order valence-electron chi connectivity index (χ2n) is 10.3. The monoisotopic (exact) mass is 519 g/mol. The molecule has 6 heteroatoms. The Kier molecular flexibility index (Phi) is 7.17. The SMILES string of the molecule is CCOc1cc(C2C3=C(CCCC3=O)N(C)C3=C2C(=O)CCC3)cc(Cl)c1OCc1cc(C)cc(C)c1. The maximum atomic E-state index is 13.3. The van der Waals surface area contributed by atoms with Crippen molar-refractivity contribution in [1.82, 2.24) is 4.90 Å². The molecule has 1 heterocycles. The third kappa shape index (κ3) is 4.82. The molecule has 2 aliphatic carbocycles. The van der Waals surface area contributed by atoms with E-state index in [1.807, 2.05) is 26.1 Å². The van der Waals surface area contributed by atoms with Crippen molar-refractivity contribution in [2.75, 3.05) is 13.7 Å². The van der Waals surface area contributed by atoms with Crippen molar-refractivity contribution in [3.63, 3.8) is 0 Å². The highest BCUT2D eigenvalue weighted by Gasteiger charge is 2.42. The lowest BCUT2D eigenvalue weighted by Crippen LogP contribution is -2.37. The van der Waals surface area contributed by atoms with Crippen molar-refractivity contribution in [2.45, 2.75) is 71.8 Å². The normalized spacial score (nSPS) is 18.2. The third-order valence-electron chi connectivity index (χ3n) is 7.57. The predicted molar refractivity (Wildman–Crippen MR) is 145 cm³/mol. The summed E-state index contributed by atoms with van der Waals surface area (Å²) in [6, 6.07) is 10.1. The van der Waals surface area contributed by atoms with Gasteiger partial charge in [0.2, 0.25) is 0 Å². The van der Waals surface area contributed by atoms with Crippen LogP contribution in [-0.2, 0) is 16.2 Å². The fourth-order valence-electron chi connectivity index (χ4n) is 6.15. The highest BCUT2D eigenvalue weighted by Crippen LogP contribution is 2.50. The van der Waals surface area contributed by atoms with Crippen LogP contribution in [0.25, 0.3) is 0 Å². The molecule has 0 saturated carbocycles. The van der Waals surface area contributed by atoms with E-state index in [4.69, 9.17) is 21.1 Å². The Morgan fingerprint density at radius 2 is 1.46 bits per heavy atom. The molecule has 2 aromatic rings. The molecular formula is C31H34ClNO4. The summed E-state index contributed by atoms with van der Waals surface area (Å²) in [5.74, 6) is 0.822. The van der Waals surface area contributed by atoms with Gasteiger partial charge in [0.15, 0.2) is 23.1 Å². The average Bonchev–Trinajstić information content (AvgIpc) is 2.84. The minimum Gasteiger partial charge on any atom is -0.490 e. The van der Waals surface area contributed by atoms with Gasteiger partial charge in [0.05, 0.1) is 11.6 Å². The Labute approximate surface area is 224 Å². The molecule has 0 radical (unpaired) electrons. The number of hydrogen-bond donors (Lipinski definition) is 0. The topological polar surface area (TPSA) is 55.8 Å². The van der Waals surface area contributed by atoms with Gasteiger partial charge in [-0.15, -0.1) is 0 Å². The maximum Gasteiger partial charge on any atom is 0.180 e. The Bertz CT molecular complexity index is 1270. The summed E-state index contributed by atoms with van der Waals surface area (Å²) in [5.41, 5.74) is 7.78. The molecule has 194 valence electrons. The number of ketones is 2. The van der Waals surface area contributed by atoms with E-state index in [0.717, 1.165) is 59.4 Å². The minimum absolute atomic E-state index is 0.118. The summed E-state index contributed by atoms with van der Waals surface area (Å²) in [6.45, 7) is 6.84. The Morgan fingerprint density at radius 3 is 2.03 bits per heavy atom. The van der Waals surface area contributed by atoms with E-state index in [0.29, 0.717) is 42.6 Å². The molecule has 0 bridgehead atoms. The van der Waals surface area contributed by atoms with Gasteiger partial charge >= 0.3 is 0 Å². The van der Waals surface area contributed by atoms with E-state index in [9.17, 15) is 9.59 Å². The molecule has 37 heavy (non-hydrogen) atoms. The lowest BCUT2D eigenvalue weighted by atomic mass is 9.71. The van der Waals surface area contributed by atoms with Crippen molar-refractivity contribution >= 4 is 23.2 Å². The van der Waals surface area contributed by atoms with E-state index < -0.39 is 5.92 Å². The second kappa shape index (κ2) is 10.4. The number of ether oxygens (including phenoxy) is 2. The van der Waals surface area contributed by atoms with Crippen LogP contribution in [0.15, 0.2) is 52.9 Å². The van der Waals surface area contributed by atoms with Crippen LogP contribution in [0.1, 0.15) is 73.6 Å². The van der Waals surface area contributed by atoms with E-state index in [2.05, 4.69) is 36.9 Å². The van der Waals surface area contributed by atoms with Crippen LogP contribution in [0.5, 0.6) is 11.5 Å². The van der Waals surface area contributed by atoms with Crippen LogP contribution in [0.2, 0.25) is 5.02 Å². The molecule has 5 nitrogen and oxygen atoms in total. The zero-order chi connectivity index (χ0) is 26.3. The number of carbonyl (C=O) groups is 2. The molecule has 3 aliphatic rings. The van der Waals surface area contributed by atoms with Gasteiger partial charge in [0.25, 0.3) is 0 Å². The summed E-state index contributed by atoms with van der Waals surface area (Å²) in [5, 5.41) is 0.417. The predicted octanol–water partition coefficient (Wildman–Crippen LogP) is 6.98. The van der Waals surface area contributed by atoms with E-state index >= 15 is 0 Å². The number of hydrogen-bond acceptors (Lipinski definition) is 5. The first-order valence-electron chi connectivity index (χ1n) is 13.2. The molecule has 0 N–H and O–H groups in total. The first kappa shape index (κ1) is 25.6. The van der Waals surface area contributed by atoms with Gasteiger partial charge < -0.3 is 14.4 Å². The minimum atomic E-state index is -0.424. The molecule has 0 atom stereocenters. The van der Waals surface area contributed by atoms with Crippen molar-refractivity contribution in [1.29, 1.82) is 0 Å². The van der Waals surface area contributed by atoms with Crippen molar-refractivity contribution in [3.05, 3.63) is 80.1 Å². The van der Waals surface area contributed by atoms with Gasteiger partial charge in [-0.25, -0.2) is 0 Å². The quantitative estimate of drug-likeness (QED) is 0.412. The smallest absolute Gasteiger partial charge is 0.180 e. The molecule has 0 aromatic heterocycles. The number of allylic oxidation sites excluding steroid dienone is 4. The van der Waals surface area contributed by atoms with Crippen LogP contribution < -0.4 is 9.47 Å². The average molecular weight is 520 g/mol. The summed E-state index contributed by atoms with van der Waals surface area (Å²) < 4.78 is 12.2. The van der Waals surface area contributed by atoms with Crippen LogP contribution >= 0.6 is 11.6 Å². The number of rotatable bonds is 6. The second-order valence-corrected chi connectivity index (χ2v) is 10.7. The molecule has 5 rings (SSSR count). The molecule has 0 fully saturated rings. The molecule has 0 saturated heterocycles. The van der Waals surface area contributed by atoms with Crippen LogP contribution in [0.3, 0.4) is 0 Å². The van der Waals surface area contributed by atoms with Gasteiger partial charge in [-0.3, -0.25) is 9.59 Å².